The number of methoxy groups -OCH3 is 1. The first-order chi connectivity index (χ1) is 9.65. The van der Waals surface area contributed by atoms with Crippen LogP contribution in [0.1, 0.15) is 43.3 Å². The lowest BCUT2D eigenvalue weighted by molar-refractivity contribution is -0.132. The predicted octanol–water partition coefficient (Wildman–Crippen LogP) is 1.02. The van der Waals surface area contributed by atoms with Crippen molar-refractivity contribution in [1.29, 1.82) is 0 Å². The molecule has 1 aromatic rings. The SMILES string of the molecule is COCC1(C(N)=O)CCCN1Cc1ncc(C2CC2)o1. The molecule has 1 aliphatic carbocycles. The monoisotopic (exact) mass is 279 g/mol. The third kappa shape index (κ3) is 2.33. The van der Waals surface area contributed by atoms with Gasteiger partial charge in [-0.25, -0.2) is 4.98 Å². The van der Waals surface area contributed by atoms with Gasteiger partial charge in [-0.3, -0.25) is 9.69 Å². The first-order valence-electron chi connectivity index (χ1n) is 7.14. The molecule has 1 saturated carbocycles. The molecule has 2 N–H and O–H groups in total. The lowest BCUT2D eigenvalue weighted by atomic mass is 9.96. The Morgan fingerprint density at radius 1 is 1.65 bits per heavy atom. The Hall–Kier alpha value is -1.40. The van der Waals surface area contributed by atoms with Gasteiger partial charge in [-0.15, -0.1) is 0 Å². The predicted molar refractivity (Wildman–Crippen MR) is 71.9 cm³/mol. The molecule has 0 bridgehead atoms. The number of rotatable bonds is 6. The van der Waals surface area contributed by atoms with E-state index in [1.807, 2.05) is 11.1 Å². The molecule has 110 valence electrons. The molecule has 6 nitrogen and oxygen atoms in total. The number of primary amides is 1. The Bertz CT molecular complexity index is 498. The van der Waals surface area contributed by atoms with Crippen molar-refractivity contribution in [2.24, 2.45) is 5.73 Å². The lowest BCUT2D eigenvalue weighted by Gasteiger charge is -2.34. The van der Waals surface area contributed by atoms with E-state index in [1.54, 1.807) is 7.11 Å². The number of nitrogens with two attached hydrogens (primary N) is 1. The van der Waals surface area contributed by atoms with Crippen molar-refractivity contribution < 1.29 is 13.9 Å². The van der Waals surface area contributed by atoms with Crippen molar-refractivity contribution >= 4 is 5.91 Å². The molecule has 1 amide bonds. The van der Waals surface area contributed by atoms with Crippen LogP contribution in [-0.4, -0.2) is 41.6 Å². The summed E-state index contributed by atoms with van der Waals surface area (Å²) < 4.78 is 11.0. The Kier molecular flexibility index (Phi) is 3.52. The standard InChI is InChI=1S/C14H21N3O3/c1-19-9-14(13(15)18)5-2-6-17(14)8-12-16-7-11(20-12)10-3-4-10/h7,10H,2-6,8-9H2,1H3,(H2,15,18). The van der Waals surface area contributed by atoms with Crippen molar-refractivity contribution in [2.75, 3.05) is 20.3 Å². The highest BCUT2D eigenvalue weighted by Crippen LogP contribution is 2.40. The molecule has 3 rings (SSSR count). The number of hydrogen-bond acceptors (Lipinski definition) is 5. The summed E-state index contributed by atoms with van der Waals surface area (Å²) in [4.78, 5) is 18.3. The van der Waals surface area contributed by atoms with Crippen molar-refractivity contribution in [2.45, 2.75) is 43.7 Å². The minimum atomic E-state index is -0.719. The van der Waals surface area contributed by atoms with Crippen molar-refractivity contribution in [3.8, 4) is 0 Å². The van der Waals surface area contributed by atoms with Crippen LogP contribution in [0.4, 0.5) is 0 Å². The van der Waals surface area contributed by atoms with E-state index >= 15 is 0 Å². The number of nitrogens with zero attached hydrogens (tertiary/aromatic N) is 2. The third-order valence-corrected chi connectivity index (χ3v) is 4.34. The van der Waals surface area contributed by atoms with Gasteiger partial charge in [0.05, 0.1) is 19.3 Å². The molecule has 2 heterocycles. The second kappa shape index (κ2) is 5.18. The fourth-order valence-electron chi connectivity index (χ4n) is 3.03. The van der Waals surface area contributed by atoms with E-state index in [-0.39, 0.29) is 5.91 Å². The zero-order valence-corrected chi connectivity index (χ0v) is 11.8. The molecule has 2 aliphatic rings. The van der Waals surface area contributed by atoms with Crippen LogP contribution in [0.25, 0.3) is 0 Å². The molecule has 20 heavy (non-hydrogen) atoms. The molecule has 1 unspecified atom stereocenters. The van der Waals surface area contributed by atoms with E-state index in [9.17, 15) is 4.79 Å². The van der Waals surface area contributed by atoms with Gasteiger partial charge in [-0.2, -0.15) is 0 Å². The maximum atomic E-state index is 11.9. The van der Waals surface area contributed by atoms with Crippen LogP contribution in [0.5, 0.6) is 0 Å². The summed E-state index contributed by atoms with van der Waals surface area (Å²) >= 11 is 0. The van der Waals surface area contributed by atoms with Crippen LogP contribution in [0, 0.1) is 0 Å². The van der Waals surface area contributed by atoms with Gasteiger partial charge >= 0.3 is 0 Å². The number of aromatic nitrogens is 1. The van der Waals surface area contributed by atoms with Crippen molar-refractivity contribution in [3.05, 3.63) is 17.8 Å². The first kappa shape index (κ1) is 13.6. The van der Waals surface area contributed by atoms with Crippen molar-refractivity contribution in [3.63, 3.8) is 0 Å². The van der Waals surface area contributed by atoms with Gasteiger partial charge in [-0.1, -0.05) is 0 Å². The summed E-state index contributed by atoms with van der Waals surface area (Å²) in [5.41, 5.74) is 4.90. The van der Waals surface area contributed by atoms with Crippen LogP contribution in [0.3, 0.4) is 0 Å². The van der Waals surface area contributed by atoms with Crippen LogP contribution >= 0.6 is 0 Å². The minimum Gasteiger partial charge on any atom is -0.444 e. The highest BCUT2D eigenvalue weighted by molar-refractivity contribution is 5.85. The summed E-state index contributed by atoms with van der Waals surface area (Å²) in [5, 5.41) is 0. The number of likely N-dealkylation sites (tertiary alicyclic amines) is 1. The average Bonchev–Trinajstić information content (AvgIpc) is 3.04. The van der Waals surface area contributed by atoms with Crippen LogP contribution < -0.4 is 5.73 Å². The zero-order valence-electron chi connectivity index (χ0n) is 11.8. The topological polar surface area (TPSA) is 81.6 Å². The molecule has 0 radical (unpaired) electrons. The molecule has 1 saturated heterocycles. The number of ether oxygens (including phenoxy) is 1. The normalized spacial score (nSPS) is 27.1. The van der Waals surface area contributed by atoms with E-state index in [2.05, 4.69) is 4.98 Å². The number of carbonyl (C=O) groups excluding carboxylic acids is 1. The third-order valence-electron chi connectivity index (χ3n) is 4.34. The maximum absolute atomic E-state index is 11.9. The van der Waals surface area contributed by atoms with Gasteiger partial charge in [0.25, 0.3) is 0 Å². The summed E-state index contributed by atoms with van der Waals surface area (Å²) in [7, 11) is 1.59. The second-order valence-corrected chi connectivity index (χ2v) is 5.78. The molecule has 1 aliphatic heterocycles. The number of oxazole rings is 1. The largest absolute Gasteiger partial charge is 0.444 e. The quantitative estimate of drug-likeness (QED) is 0.840. The average molecular weight is 279 g/mol. The van der Waals surface area contributed by atoms with Crippen LogP contribution in [0.15, 0.2) is 10.6 Å². The van der Waals surface area contributed by atoms with Crippen molar-refractivity contribution in [1.82, 2.24) is 9.88 Å². The highest BCUT2D eigenvalue weighted by Gasteiger charge is 2.46. The number of amides is 1. The van der Waals surface area contributed by atoms with Gasteiger partial charge in [0.15, 0.2) is 0 Å². The van der Waals surface area contributed by atoms with E-state index in [1.165, 1.54) is 12.8 Å². The molecule has 6 heteroatoms. The number of hydrogen-bond donors (Lipinski definition) is 1. The summed E-state index contributed by atoms with van der Waals surface area (Å²) in [6.45, 7) is 1.64. The zero-order chi connectivity index (χ0) is 14.2. The summed E-state index contributed by atoms with van der Waals surface area (Å²) in [6, 6.07) is 0. The Morgan fingerprint density at radius 2 is 2.45 bits per heavy atom. The fourth-order valence-corrected chi connectivity index (χ4v) is 3.03. The van der Waals surface area contributed by atoms with Gasteiger partial charge in [0.2, 0.25) is 11.8 Å². The smallest absolute Gasteiger partial charge is 0.240 e. The van der Waals surface area contributed by atoms with Crippen LogP contribution in [0.2, 0.25) is 0 Å². The van der Waals surface area contributed by atoms with E-state index in [0.29, 0.717) is 25.0 Å². The van der Waals surface area contributed by atoms with Crippen LogP contribution in [-0.2, 0) is 16.1 Å². The Labute approximate surface area is 118 Å². The maximum Gasteiger partial charge on any atom is 0.240 e. The Balaban J connectivity index is 1.75. The van der Waals surface area contributed by atoms with Gasteiger partial charge in [-0.05, 0) is 32.2 Å². The minimum absolute atomic E-state index is 0.318. The molecule has 2 fully saturated rings. The summed E-state index contributed by atoms with van der Waals surface area (Å²) in [6.07, 6.45) is 5.85. The molecule has 0 aromatic carbocycles. The molecule has 1 aromatic heterocycles. The molecule has 1 atom stereocenters. The number of carbonyl (C=O) groups is 1. The molecular formula is C14H21N3O3. The van der Waals surface area contributed by atoms with E-state index in [0.717, 1.165) is 25.1 Å². The molecule has 0 spiro atoms. The fraction of sp³-hybridized carbons (Fsp3) is 0.714. The molecular weight excluding hydrogens is 258 g/mol. The van der Waals surface area contributed by atoms with Gasteiger partial charge < -0.3 is 14.9 Å². The highest BCUT2D eigenvalue weighted by atomic mass is 16.5. The first-order valence-corrected chi connectivity index (χ1v) is 7.14. The van der Waals surface area contributed by atoms with E-state index in [4.69, 9.17) is 14.9 Å². The van der Waals surface area contributed by atoms with Gasteiger partial charge in [0.1, 0.15) is 11.3 Å². The van der Waals surface area contributed by atoms with E-state index < -0.39 is 5.54 Å². The Morgan fingerprint density at radius 3 is 3.10 bits per heavy atom. The summed E-state index contributed by atoms with van der Waals surface area (Å²) in [5.74, 6) is 1.85. The second-order valence-electron chi connectivity index (χ2n) is 5.78. The lowest BCUT2D eigenvalue weighted by Crippen LogP contribution is -2.56. The van der Waals surface area contributed by atoms with Gasteiger partial charge in [0, 0.05) is 13.0 Å².